The van der Waals surface area contributed by atoms with Gasteiger partial charge in [-0.3, -0.25) is 9.97 Å². The fraction of sp³-hybridized carbons (Fsp3) is 0.375. The molecule has 2 nitrogen and oxygen atoms in total. The van der Waals surface area contributed by atoms with Crippen LogP contribution < -0.4 is 5.19 Å². The molecule has 0 saturated heterocycles. The van der Waals surface area contributed by atoms with E-state index in [1.807, 2.05) is 12.1 Å². The van der Waals surface area contributed by atoms with Crippen LogP contribution in [0.25, 0.3) is 11.4 Å². The van der Waals surface area contributed by atoms with Crippen LogP contribution in [0.3, 0.4) is 0 Å². The lowest BCUT2D eigenvalue weighted by atomic mass is 10.2. The van der Waals surface area contributed by atoms with Gasteiger partial charge in [0.25, 0.3) is 0 Å². The molecule has 0 aliphatic heterocycles. The Labute approximate surface area is 148 Å². The minimum atomic E-state index is -0.947. The molecule has 0 unspecified atom stereocenters. The van der Waals surface area contributed by atoms with Crippen molar-refractivity contribution >= 4 is 48.8 Å². The minimum absolute atomic E-state index is 0.498. The maximum Gasteiger partial charge on any atom is 0.0961 e. The van der Waals surface area contributed by atoms with E-state index in [0.717, 1.165) is 16.6 Å². The van der Waals surface area contributed by atoms with Crippen LogP contribution >= 0.6 is 34.8 Å². The van der Waals surface area contributed by atoms with Crippen molar-refractivity contribution in [2.75, 3.05) is 0 Å². The van der Waals surface area contributed by atoms with Gasteiger partial charge in [0.15, 0.2) is 0 Å². The SMILES string of the molecule is CC(C)[Si](c1c(-c2ccc(Cl)cn2)ncc(Cl)c1Cl)C(C)C. The van der Waals surface area contributed by atoms with Gasteiger partial charge < -0.3 is 0 Å². The predicted molar refractivity (Wildman–Crippen MR) is 98.1 cm³/mol. The first-order valence-electron chi connectivity index (χ1n) is 7.16. The molecule has 0 fully saturated rings. The number of nitrogens with zero attached hydrogens (tertiary/aromatic N) is 2. The number of hydrogen-bond donors (Lipinski definition) is 0. The Kier molecular flexibility index (Phi) is 5.89. The lowest BCUT2D eigenvalue weighted by Crippen LogP contribution is -2.39. The molecule has 1 radical (unpaired) electrons. The van der Waals surface area contributed by atoms with Gasteiger partial charge in [0.2, 0.25) is 0 Å². The third-order valence-electron chi connectivity index (χ3n) is 3.48. The van der Waals surface area contributed by atoms with Crippen LogP contribution in [-0.4, -0.2) is 18.8 Å². The molecule has 0 atom stereocenters. The van der Waals surface area contributed by atoms with Crippen molar-refractivity contribution in [1.82, 2.24) is 9.97 Å². The molecule has 0 bridgehead atoms. The largest absolute Gasteiger partial charge is 0.253 e. The lowest BCUT2D eigenvalue weighted by molar-refractivity contribution is 0.950. The Morgan fingerprint density at radius 3 is 2.05 bits per heavy atom. The molecule has 2 aromatic rings. The summed E-state index contributed by atoms with van der Waals surface area (Å²) in [6.45, 7) is 8.91. The molecule has 117 valence electrons. The zero-order valence-corrected chi connectivity index (χ0v) is 16.3. The summed E-state index contributed by atoms with van der Waals surface area (Å²) >= 11 is 18.7. The molecule has 0 aliphatic carbocycles. The molecule has 0 aliphatic rings. The van der Waals surface area contributed by atoms with Crippen molar-refractivity contribution in [3.63, 3.8) is 0 Å². The third kappa shape index (κ3) is 3.65. The van der Waals surface area contributed by atoms with Crippen molar-refractivity contribution in [1.29, 1.82) is 0 Å². The maximum absolute atomic E-state index is 6.56. The average molecular weight is 373 g/mol. The molecule has 6 heteroatoms. The van der Waals surface area contributed by atoms with Crippen LogP contribution in [0.1, 0.15) is 27.7 Å². The smallest absolute Gasteiger partial charge is 0.0961 e. The number of aromatic nitrogens is 2. The molecule has 0 aromatic carbocycles. The van der Waals surface area contributed by atoms with Crippen molar-refractivity contribution in [3.05, 3.63) is 39.6 Å². The van der Waals surface area contributed by atoms with Crippen LogP contribution in [0, 0.1) is 0 Å². The van der Waals surface area contributed by atoms with E-state index in [0.29, 0.717) is 26.2 Å². The van der Waals surface area contributed by atoms with Crippen molar-refractivity contribution in [2.24, 2.45) is 0 Å². The Morgan fingerprint density at radius 2 is 1.55 bits per heavy atom. The topological polar surface area (TPSA) is 25.8 Å². The Bertz CT molecular complexity index is 649. The molecular formula is C16H18Cl3N2Si. The molecule has 0 spiro atoms. The number of rotatable bonds is 4. The first kappa shape index (κ1) is 17.7. The van der Waals surface area contributed by atoms with E-state index in [2.05, 4.69) is 37.7 Å². The quantitative estimate of drug-likeness (QED) is 0.650. The van der Waals surface area contributed by atoms with Crippen LogP contribution in [-0.2, 0) is 0 Å². The molecule has 0 amide bonds. The van der Waals surface area contributed by atoms with Gasteiger partial charge in [-0.2, -0.15) is 0 Å². The van der Waals surface area contributed by atoms with E-state index in [1.165, 1.54) is 0 Å². The van der Waals surface area contributed by atoms with Crippen molar-refractivity contribution in [3.8, 4) is 11.4 Å². The first-order chi connectivity index (χ1) is 10.3. The highest BCUT2D eigenvalue weighted by atomic mass is 35.5. The summed E-state index contributed by atoms with van der Waals surface area (Å²) in [4.78, 5) is 8.93. The summed E-state index contributed by atoms with van der Waals surface area (Å²) in [6.07, 6.45) is 3.22. The van der Waals surface area contributed by atoms with Gasteiger partial charge in [-0.15, -0.1) is 0 Å². The second kappa shape index (κ2) is 7.31. The number of hydrogen-bond acceptors (Lipinski definition) is 2. The van der Waals surface area contributed by atoms with Gasteiger partial charge in [0.1, 0.15) is 0 Å². The number of pyridine rings is 2. The monoisotopic (exact) mass is 371 g/mol. The highest BCUT2D eigenvalue weighted by Crippen LogP contribution is 2.30. The third-order valence-corrected chi connectivity index (χ3v) is 8.19. The Morgan fingerprint density at radius 1 is 0.909 bits per heavy atom. The van der Waals surface area contributed by atoms with E-state index in [9.17, 15) is 0 Å². The van der Waals surface area contributed by atoms with E-state index in [-0.39, 0.29) is 0 Å². The summed E-state index contributed by atoms with van der Waals surface area (Å²) < 4.78 is 0. The lowest BCUT2D eigenvalue weighted by Gasteiger charge is -2.26. The van der Waals surface area contributed by atoms with Crippen molar-refractivity contribution in [2.45, 2.75) is 38.8 Å². The van der Waals surface area contributed by atoms with Crippen LogP contribution in [0.4, 0.5) is 0 Å². The minimum Gasteiger partial charge on any atom is -0.253 e. The first-order valence-corrected chi connectivity index (χ1v) is 9.94. The van der Waals surface area contributed by atoms with Crippen molar-refractivity contribution < 1.29 is 0 Å². The van der Waals surface area contributed by atoms with Crippen LogP contribution in [0.2, 0.25) is 26.2 Å². The fourth-order valence-electron chi connectivity index (χ4n) is 2.68. The molecule has 2 heterocycles. The second-order valence-electron chi connectivity index (χ2n) is 5.77. The van der Waals surface area contributed by atoms with Gasteiger partial charge in [0, 0.05) is 12.4 Å². The molecule has 2 rings (SSSR count). The Balaban J connectivity index is 2.69. The van der Waals surface area contributed by atoms with Gasteiger partial charge >= 0.3 is 0 Å². The van der Waals surface area contributed by atoms with E-state index < -0.39 is 8.80 Å². The van der Waals surface area contributed by atoms with Crippen LogP contribution in [0.15, 0.2) is 24.5 Å². The maximum atomic E-state index is 6.56. The normalized spacial score (nSPS) is 11.7. The molecular weight excluding hydrogens is 355 g/mol. The zero-order valence-electron chi connectivity index (χ0n) is 13.0. The fourth-order valence-corrected chi connectivity index (χ4v) is 6.83. The van der Waals surface area contributed by atoms with Crippen LogP contribution in [0.5, 0.6) is 0 Å². The van der Waals surface area contributed by atoms with Gasteiger partial charge in [-0.25, -0.2) is 0 Å². The summed E-state index contributed by atoms with van der Waals surface area (Å²) in [6, 6.07) is 3.69. The van der Waals surface area contributed by atoms with E-state index in [1.54, 1.807) is 12.4 Å². The Hall–Kier alpha value is -0.613. The summed E-state index contributed by atoms with van der Waals surface area (Å²) in [7, 11) is -0.947. The molecule has 0 N–H and O–H groups in total. The highest BCUT2D eigenvalue weighted by molar-refractivity contribution is 6.79. The molecule has 2 aromatic heterocycles. The molecule has 22 heavy (non-hydrogen) atoms. The summed E-state index contributed by atoms with van der Waals surface area (Å²) in [5.41, 5.74) is 2.62. The molecule has 0 saturated carbocycles. The van der Waals surface area contributed by atoms with Gasteiger partial charge in [-0.1, -0.05) is 62.5 Å². The van der Waals surface area contributed by atoms with E-state index >= 15 is 0 Å². The summed E-state index contributed by atoms with van der Waals surface area (Å²) in [5, 5.41) is 2.78. The zero-order chi connectivity index (χ0) is 16.4. The van der Waals surface area contributed by atoms with Gasteiger partial charge in [-0.05, 0) is 28.4 Å². The predicted octanol–water partition coefficient (Wildman–Crippen LogP) is 5.63. The summed E-state index contributed by atoms with van der Waals surface area (Å²) in [5.74, 6) is 0. The second-order valence-corrected chi connectivity index (χ2v) is 10.7. The van der Waals surface area contributed by atoms with Gasteiger partial charge in [0.05, 0.1) is 35.3 Å². The number of halogens is 3. The average Bonchev–Trinajstić information content (AvgIpc) is 2.44. The van der Waals surface area contributed by atoms with E-state index in [4.69, 9.17) is 34.8 Å². The highest BCUT2D eigenvalue weighted by Gasteiger charge is 2.29. The standard InChI is InChI=1S/C16H18Cl3N2Si/c1-9(2)22(10(3)4)16-14(19)12(18)8-21-15(16)13-6-5-11(17)7-20-13/h5-10H,1-4H3.